The number of carbonyl (C=O) groups excluding carboxylic acids is 3. The molecule has 8 heteroatoms. The lowest BCUT2D eigenvalue weighted by atomic mass is 9.69. The van der Waals surface area contributed by atoms with Crippen molar-refractivity contribution in [3.05, 3.63) is 36.4 Å². The molecule has 3 rings (SSSR count). The number of likely N-dealkylation sites (tertiary alicyclic amines) is 1. The van der Waals surface area contributed by atoms with E-state index in [9.17, 15) is 19.5 Å². The molecule has 2 amide bonds. The molecule has 2 N–H and O–H groups in total. The van der Waals surface area contributed by atoms with Crippen LogP contribution in [0.2, 0.25) is 0 Å². The van der Waals surface area contributed by atoms with Crippen molar-refractivity contribution in [2.24, 2.45) is 23.7 Å². The average Bonchev–Trinajstić information content (AvgIpc) is 3.15. The summed E-state index contributed by atoms with van der Waals surface area (Å²) in [5.74, 6) is -2.72. The molecule has 0 saturated carbocycles. The van der Waals surface area contributed by atoms with Crippen molar-refractivity contribution in [3.63, 3.8) is 0 Å². The summed E-state index contributed by atoms with van der Waals surface area (Å²) in [6.45, 7) is 10.1. The van der Waals surface area contributed by atoms with Crippen molar-refractivity contribution in [1.29, 1.82) is 0 Å². The summed E-state index contributed by atoms with van der Waals surface area (Å²) in [7, 11) is 0. The van der Waals surface area contributed by atoms with E-state index in [0.29, 0.717) is 18.5 Å². The summed E-state index contributed by atoms with van der Waals surface area (Å²) in [5, 5.41) is 12.4. The first-order valence-electron chi connectivity index (χ1n) is 12.8. The Kier molecular flexibility index (Phi) is 9.32. The van der Waals surface area contributed by atoms with E-state index in [1.807, 2.05) is 43.3 Å². The lowest BCUT2D eigenvalue weighted by molar-refractivity contribution is -0.155. The predicted octanol–water partition coefficient (Wildman–Crippen LogP) is 3.07. The molecule has 1 heterocycles. The number of carbonyl (C=O) groups is 3. The Morgan fingerprint density at radius 1 is 1.09 bits per heavy atom. The van der Waals surface area contributed by atoms with Gasteiger partial charge in [0.15, 0.2) is 0 Å². The molecule has 0 radical (unpaired) electrons. The van der Waals surface area contributed by atoms with Crippen molar-refractivity contribution in [2.45, 2.75) is 46.6 Å². The quantitative estimate of drug-likeness (QED) is 0.369. The van der Waals surface area contributed by atoms with Gasteiger partial charge in [0.1, 0.15) is 6.04 Å². The third-order valence-corrected chi connectivity index (χ3v) is 7.23. The molecule has 35 heavy (non-hydrogen) atoms. The molecule has 1 aliphatic carbocycles. The molecular formula is C27H39N3O5. The summed E-state index contributed by atoms with van der Waals surface area (Å²) in [4.78, 5) is 43.8. The molecule has 192 valence electrons. The highest BCUT2D eigenvalue weighted by Gasteiger charge is 2.57. The fourth-order valence-corrected chi connectivity index (χ4v) is 5.49. The number of aliphatic hydroxyl groups is 1. The van der Waals surface area contributed by atoms with Crippen LogP contribution in [0.5, 0.6) is 0 Å². The minimum atomic E-state index is -0.757. The predicted molar refractivity (Wildman–Crippen MR) is 136 cm³/mol. The fraction of sp³-hybridized carbons (Fsp3) is 0.593. The first kappa shape index (κ1) is 26.7. The van der Waals surface area contributed by atoms with Crippen LogP contribution in [-0.2, 0) is 19.1 Å². The van der Waals surface area contributed by atoms with Crippen molar-refractivity contribution in [2.75, 3.05) is 43.1 Å². The highest BCUT2D eigenvalue weighted by atomic mass is 16.5. The van der Waals surface area contributed by atoms with E-state index in [-0.39, 0.29) is 43.5 Å². The number of nitrogens with zero attached hydrogens (tertiary/aromatic N) is 2. The molecule has 0 unspecified atom stereocenters. The molecule has 1 aliphatic heterocycles. The van der Waals surface area contributed by atoms with Crippen molar-refractivity contribution >= 4 is 29.2 Å². The van der Waals surface area contributed by atoms with Gasteiger partial charge in [0.2, 0.25) is 11.8 Å². The highest BCUT2D eigenvalue weighted by molar-refractivity contribution is 6.01. The topological polar surface area (TPSA) is 99.2 Å². The van der Waals surface area contributed by atoms with Gasteiger partial charge in [-0.05, 0) is 63.8 Å². The maximum atomic E-state index is 13.6. The van der Waals surface area contributed by atoms with Crippen LogP contribution in [-0.4, -0.2) is 66.7 Å². The van der Waals surface area contributed by atoms with Crippen LogP contribution in [0.15, 0.2) is 36.4 Å². The normalized spacial score (nSPS) is 25.3. The van der Waals surface area contributed by atoms with E-state index >= 15 is 0 Å². The molecule has 8 nitrogen and oxygen atoms in total. The van der Waals surface area contributed by atoms with Gasteiger partial charge in [0.25, 0.3) is 0 Å². The number of nitrogens with one attached hydrogen (secondary N) is 1. The Balaban J connectivity index is 1.89. The van der Waals surface area contributed by atoms with Crippen molar-refractivity contribution < 1.29 is 24.2 Å². The summed E-state index contributed by atoms with van der Waals surface area (Å²) in [5.41, 5.74) is 1.73. The second kappa shape index (κ2) is 12.2. The van der Waals surface area contributed by atoms with Gasteiger partial charge in [0, 0.05) is 43.5 Å². The number of benzene rings is 1. The number of esters is 1. The zero-order valence-electron chi connectivity index (χ0n) is 21.3. The van der Waals surface area contributed by atoms with Gasteiger partial charge < -0.3 is 25.0 Å². The first-order chi connectivity index (χ1) is 16.9. The number of hydrogen-bond donors (Lipinski definition) is 2. The second-order valence-corrected chi connectivity index (χ2v) is 9.10. The molecule has 5 atom stereocenters. The molecule has 0 spiro atoms. The number of fused-ring (bicyclic) bond motifs is 1. The molecule has 0 aromatic heterocycles. The van der Waals surface area contributed by atoms with Crippen LogP contribution in [0.4, 0.5) is 11.4 Å². The molecule has 0 bridgehead atoms. The van der Waals surface area contributed by atoms with Crippen LogP contribution in [0.3, 0.4) is 0 Å². The molecule has 2 aliphatic rings. The minimum Gasteiger partial charge on any atom is -0.466 e. The standard InChI is InChI=1S/C27H39N3O5/c1-5-18-10-15-21-23(22(18)27(34)35-8-4)26(33)30(16-9-17-31)24(21)25(32)28-19-11-13-20(14-12-19)29(6-2)7-3/h10-15,18,21-24,31H,5-9,16-17H2,1-4H3,(H,28,32)/t18-,21+,22-,23+,24+/m1/s1. The van der Waals surface area contributed by atoms with E-state index < -0.39 is 23.8 Å². The monoisotopic (exact) mass is 485 g/mol. The van der Waals surface area contributed by atoms with Crippen LogP contribution in [0.1, 0.15) is 40.5 Å². The fourth-order valence-electron chi connectivity index (χ4n) is 5.49. The summed E-state index contributed by atoms with van der Waals surface area (Å²) >= 11 is 0. The minimum absolute atomic E-state index is 0.0883. The van der Waals surface area contributed by atoms with E-state index in [0.717, 1.165) is 18.8 Å². The second-order valence-electron chi connectivity index (χ2n) is 9.10. The van der Waals surface area contributed by atoms with E-state index in [2.05, 4.69) is 24.1 Å². The lowest BCUT2D eigenvalue weighted by Gasteiger charge is -2.33. The van der Waals surface area contributed by atoms with Gasteiger partial charge in [-0.1, -0.05) is 19.1 Å². The van der Waals surface area contributed by atoms with E-state index in [1.54, 1.807) is 11.8 Å². The maximum absolute atomic E-state index is 13.6. The number of aliphatic hydroxyl groups excluding tert-OH is 1. The van der Waals surface area contributed by atoms with Crippen LogP contribution < -0.4 is 10.2 Å². The zero-order chi connectivity index (χ0) is 25.5. The highest BCUT2D eigenvalue weighted by Crippen LogP contribution is 2.45. The van der Waals surface area contributed by atoms with Gasteiger partial charge in [-0.2, -0.15) is 0 Å². The number of allylic oxidation sites excluding steroid dienone is 1. The third kappa shape index (κ3) is 5.53. The molecule has 1 aromatic carbocycles. The Morgan fingerprint density at radius 3 is 2.34 bits per heavy atom. The molecular weight excluding hydrogens is 446 g/mol. The largest absolute Gasteiger partial charge is 0.466 e. The molecule has 1 aromatic rings. The number of amides is 2. The summed E-state index contributed by atoms with van der Waals surface area (Å²) in [6.07, 6.45) is 4.95. The SMILES string of the molecule is CCOC(=O)[C@H]1[C@H]2C(=O)N(CCCO)[C@H](C(=O)Nc3ccc(N(CC)CC)cc3)[C@H]2C=C[C@H]1CC. The van der Waals surface area contributed by atoms with Gasteiger partial charge in [-0.15, -0.1) is 0 Å². The number of hydrogen-bond acceptors (Lipinski definition) is 6. The molecule has 1 saturated heterocycles. The summed E-state index contributed by atoms with van der Waals surface area (Å²) < 4.78 is 5.34. The first-order valence-corrected chi connectivity index (χ1v) is 12.8. The average molecular weight is 486 g/mol. The van der Waals surface area contributed by atoms with E-state index in [4.69, 9.17) is 4.74 Å². The van der Waals surface area contributed by atoms with Gasteiger partial charge >= 0.3 is 5.97 Å². The van der Waals surface area contributed by atoms with Crippen molar-refractivity contribution in [1.82, 2.24) is 4.90 Å². The van der Waals surface area contributed by atoms with E-state index in [1.165, 1.54) is 0 Å². The van der Waals surface area contributed by atoms with Crippen LogP contribution >= 0.6 is 0 Å². The third-order valence-electron chi connectivity index (χ3n) is 7.23. The van der Waals surface area contributed by atoms with Crippen LogP contribution in [0, 0.1) is 23.7 Å². The van der Waals surface area contributed by atoms with Gasteiger partial charge in [0.05, 0.1) is 18.4 Å². The Hall–Kier alpha value is -2.87. The Bertz CT molecular complexity index is 912. The molecule has 1 fully saturated rings. The van der Waals surface area contributed by atoms with Crippen LogP contribution in [0.25, 0.3) is 0 Å². The number of anilines is 2. The smallest absolute Gasteiger partial charge is 0.310 e. The summed E-state index contributed by atoms with van der Waals surface area (Å²) in [6, 6.07) is 6.91. The lowest BCUT2D eigenvalue weighted by Crippen LogP contribution is -2.44. The van der Waals surface area contributed by atoms with Gasteiger partial charge in [-0.25, -0.2) is 0 Å². The number of rotatable bonds is 11. The van der Waals surface area contributed by atoms with Crippen molar-refractivity contribution in [3.8, 4) is 0 Å². The zero-order valence-corrected chi connectivity index (χ0v) is 21.3. The Labute approximate surface area is 208 Å². The van der Waals surface area contributed by atoms with Gasteiger partial charge in [-0.3, -0.25) is 14.4 Å². The maximum Gasteiger partial charge on any atom is 0.310 e. The number of ether oxygens (including phenoxy) is 1. The Morgan fingerprint density at radius 2 is 1.77 bits per heavy atom.